The van der Waals surface area contributed by atoms with Crippen molar-refractivity contribution in [2.75, 3.05) is 5.32 Å². The Hall–Kier alpha value is -3.45. The minimum atomic E-state index is -0.858. The van der Waals surface area contributed by atoms with Crippen LogP contribution in [0.3, 0.4) is 0 Å². The first-order valence-corrected chi connectivity index (χ1v) is 7.94. The minimum Gasteiger partial charge on any atom is -0.320 e. The van der Waals surface area contributed by atoms with Gasteiger partial charge in [-0.2, -0.15) is 5.10 Å². The number of amides is 4. The van der Waals surface area contributed by atoms with E-state index < -0.39 is 17.8 Å². The average molecular weight is 369 g/mol. The third-order valence-corrected chi connectivity index (χ3v) is 3.67. The molecule has 0 atom stereocenters. The molecule has 0 fully saturated rings. The van der Waals surface area contributed by atoms with Crippen LogP contribution in [0, 0.1) is 0 Å². The summed E-state index contributed by atoms with van der Waals surface area (Å²) in [7, 11) is 0. The third-order valence-electron chi connectivity index (χ3n) is 3.43. The highest BCUT2D eigenvalue weighted by molar-refractivity contribution is 6.54. The quantitative estimate of drug-likeness (QED) is 0.573. The second-order valence-corrected chi connectivity index (χ2v) is 5.72. The van der Waals surface area contributed by atoms with Crippen molar-refractivity contribution in [2.45, 2.75) is 0 Å². The number of imide groups is 1. The van der Waals surface area contributed by atoms with Crippen molar-refractivity contribution in [1.29, 1.82) is 0 Å². The summed E-state index contributed by atoms with van der Waals surface area (Å²) >= 11 is 5.91. The maximum absolute atomic E-state index is 11.9. The van der Waals surface area contributed by atoms with Gasteiger partial charge >= 0.3 is 6.03 Å². The molecule has 8 heteroatoms. The van der Waals surface area contributed by atoms with E-state index in [1.165, 1.54) is 6.08 Å². The van der Waals surface area contributed by atoms with Gasteiger partial charge in [0, 0.05) is 16.7 Å². The molecule has 130 valence electrons. The number of nitrogens with zero attached hydrogens (tertiary/aromatic N) is 1. The fourth-order valence-corrected chi connectivity index (χ4v) is 2.43. The molecule has 3 rings (SSSR count). The van der Waals surface area contributed by atoms with Gasteiger partial charge in [0.15, 0.2) is 5.71 Å². The van der Waals surface area contributed by atoms with Gasteiger partial charge in [0.2, 0.25) is 0 Å². The Labute approximate surface area is 153 Å². The molecule has 0 radical (unpaired) electrons. The Bertz CT molecular complexity index is 939. The number of rotatable bonds is 3. The summed E-state index contributed by atoms with van der Waals surface area (Å²) in [5.74, 6) is -1.09. The summed E-state index contributed by atoms with van der Waals surface area (Å²) < 4.78 is 0. The van der Waals surface area contributed by atoms with Crippen LogP contribution < -0.4 is 16.1 Å². The van der Waals surface area contributed by atoms with Crippen LogP contribution in [-0.2, 0) is 9.59 Å². The minimum absolute atomic E-state index is 0.00456. The lowest BCUT2D eigenvalue weighted by molar-refractivity contribution is -0.115. The molecule has 7 nitrogen and oxygen atoms in total. The molecule has 1 aliphatic heterocycles. The van der Waals surface area contributed by atoms with Gasteiger partial charge in [-0.15, -0.1) is 0 Å². The van der Waals surface area contributed by atoms with Crippen molar-refractivity contribution in [3.63, 3.8) is 0 Å². The van der Waals surface area contributed by atoms with Crippen LogP contribution in [0.25, 0.3) is 6.08 Å². The van der Waals surface area contributed by atoms with Crippen molar-refractivity contribution in [3.8, 4) is 0 Å². The van der Waals surface area contributed by atoms with Gasteiger partial charge in [0.25, 0.3) is 11.8 Å². The largest absolute Gasteiger partial charge is 0.342 e. The maximum atomic E-state index is 11.9. The van der Waals surface area contributed by atoms with Crippen molar-refractivity contribution in [2.24, 2.45) is 5.10 Å². The number of benzene rings is 2. The first kappa shape index (κ1) is 17.4. The van der Waals surface area contributed by atoms with Crippen LogP contribution in [0.1, 0.15) is 11.1 Å². The zero-order valence-electron chi connectivity index (χ0n) is 13.3. The van der Waals surface area contributed by atoms with E-state index in [1.807, 2.05) is 30.3 Å². The summed E-state index contributed by atoms with van der Waals surface area (Å²) in [6.07, 6.45) is 2.79. The zero-order chi connectivity index (χ0) is 18.5. The molecular weight excluding hydrogens is 356 g/mol. The van der Waals surface area contributed by atoms with Crippen LogP contribution >= 0.6 is 11.6 Å². The number of carbonyl (C=O) groups is 3. The molecule has 3 N–H and O–H groups in total. The number of urea groups is 1. The average Bonchev–Trinajstić information content (AvgIpc) is 2.93. The van der Waals surface area contributed by atoms with E-state index in [0.29, 0.717) is 16.3 Å². The van der Waals surface area contributed by atoms with Crippen molar-refractivity contribution in [3.05, 3.63) is 70.8 Å². The molecular formula is C18H13ClN4O3. The topological polar surface area (TPSA) is 99.7 Å². The summed E-state index contributed by atoms with van der Waals surface area (Å²) in [4.78, 5) is 35.4. The summed E-state index contributed by atoms with van der Waals surface area (Å²) in [5.41, 5.74) is 3.96. The lowest BCUT2D eigenvalue weighted by Gasteiger charge is -2.01. The molecule has 0 aromatic heterocycles. The fraction of sp³-hybridized carbons (Fsp3) is 0. The van der Waals surface area contributed by atoms with Crippen molar-refractivity contribution < 1.29 is 14.4 Å². The Balaban J connectivity index is 1.61. The molecule has 4 amide bonds. The molecule has 0 saturated heterocycles. The van der Waals surface area contributed by atoms with E-state index in [1.54, 1.807) is 24.3 Å². The van der Waals surface area contributed by atoms with Crippen molar-refractivity contribution >= 4 is 46.9 Å². The highest BCUT2D eigenvalue weighted by atomic mass is 35.5. The molecule has 2 aromatic rings. The van der Waals surface area contributed by atoms with E-state index in [0.717, 1.165) is 5.56 Å². The zero-order valence-corrected chi connectivity index (χ0v) is 14.1. The molecule has 2 aromatic carbocycles. The van der Waals surface area contributed by atoms with Crippen LogP contribution in [0.15, 0.2) is 59.7 Å². The van der Waals surface area contributed by atoms with Gasteiger partial charge in [-0.3, -0.25) is 14.9 Å². The third kappa shape index (κ3) is 4.14. The van der Waals surface area contributed by atoms with Crippen molar-refractivity contribution in [1.82, 2.24) is 10.7 Å². The Kier molecular flexibility index (Phi) is 5.09. The number of carbonyl (C=O) groups excluding carboxylic acids is 3. The monoisotopic (exact) mass is 368 g/mol. The van der Waals surface area contributed by atoms with Gasteiger partial charge in [-0.25, -0.2) is 10.2 Å². The Morgan fingerprint density at radius 3 is 2.65 bits per heavy atom. The summed E-state index contributed by atoms with van der Waals surface area (Å²) in [5, 5.41) is 8.88. The second kappa shape index (κ2) is 7.62. The van der Waals surface area contributed by atoms with E-state index in [-0.39, 0.29) is 5.71 Å². The van der Waals surface area contributed by atoms with Gasteiger partial charge in [-0.1, -0.05) is 41.9 Å². The number of anilines is 1. The summed E-state index contributed by atoms with van der Waals surface area (Å²) in [6, 6.07) is 13.1. The Morgan fingerprint density at radius 1 is 1.12 bits per heavy atom. The Morgan fingerprint density at radius 2 is 1.88 bits per heavy atom. The van der Waals surface area contributed by atoms with E-state index in [4.69, 9.17) is 11.6 Å². The molecule has 0 aliphatic carbocycles. The number of hydrogen-bond acceptors (Lipinski definition) is 4. The first-order chi connectivity index (χ1) is 12.5. The number of hydrogen-bond donors (Lipinski definition) is 3. The molecule has 26 heavy (non-hydrogen) atoms. The molecule has 1 heterocycles. The standard InChI is InChI=1S/C18H13ClN4O3/c19-12-7-8-14-13(10-12)16(17(25)20-14)22-23-18(26)21-15(24)9-6-11-4-2-1-3-5-11/h1-10H,(H,20,22,25)(H2,21,23,24,26)/b9-6+. The highest BCUT2D eigenvalue weighted by Gasteiger charge is 2.26. The summed E-state index contributed by atoms with van der Waals surface area (Å²) in [6.45, 7) is 0. The van der Waals surface area contributed by atoms with Crippen LogP contribution in [0.4, 0.5) is 10.5 Å². The second-order valence-electron chi connectivity index (χ2n) is 5.28. The van der Waals surface area contributed by atoms with Crippen LogP contribution in [-0.4, -0.2) is 23.6 Å². The number of nitrogens with one attached hydrogen (secondary N) is 3. The maximum Gasteiger partial charge on any atom is 0.342 e. The van der Waals surface area contributed by atoms with E-state index in [2.05, 4.69) is 21.2 Å². The fourth-order valence-electron chi connectivity index (χ4n) is 2.26. The smallest absolute Gasteiger partial charge is 0.320 e. The SMILES string of the molecule is O=C(/C=C/c1ccccc1)NC(=O)N/N=C1\C(=O)Nc2ccc(Cl)cc21. The van der Waals surface area contributed by atoms with Crippen LogP contribution in [0.5, 0.6) is 0 Å². The van der Waals surface area contributed by atoms with E-state index >= 15 is 0 Å². The lowest BCUT2D eigenvalue weighted by atomic mass is 10.1. The highest BCUT2D eigenvalue weighted by Crippen LogP contribution is 2.26. The first-order valence-electron chi connectivity index (χ1n) is 7.56. The molecule has 1 aliphatic rings. The molecule has 0 bridgehead atoms. The molecule has 0 spiro atoms. The predicted molar refractivity (Wildman–Crippen MR) is 98.8 cm³/mol. The lowest BCUT2D eigenvalue weighted by Crippen LogP contribution is -2.37. The predicted octanol–water partition coefficient (Wildman–Crippen LogP) is 2.54. The van der Waals surface area contributed by atoms with Gasteiger partial charge in [0.1, 0.15) is 0 Å². The van der Waals surface area contributed by atoms with Crippen LogP contribution in [0.2, 0.25) is 5.02 Å². The van der Waals surface area contributed by atoms with Gasteiger partial charge in [-0.05, 0) is 29.8 Å². The molecule has 0 saturated carbocycles. The van der Waals surface area contributed by atoms with Gasteiger partial charge in [0.05, 0.1) is 5.69 Å². The number of fused-ring (bicyclic) bond motifs is 1. The van der Waals surface area contributed by atoms with Gasteiger partial charge < -0.3 is 5.32 Å². The normalized spacial score (nSPS) is 14.2. The van der Waals surface area contributed by atoms with E-state index in [9.17, 15) is 14.4 Å². The number of halogens is 1. The number of hydrazone groups is 1. The molecule has 0 unspecified atom stereocenters.